The maximum absolute atomic E-state index is 12.5. The average Bonchev–Trinajstić information content (AvgIpc) is 2.70. The van der Waals surface area contributed by atoms with Gasteiger partial charge in [-0.2, -0.15) is 0 Å². The molecule has 0 aromatic carbocycles. The van der Waals surface area contributed by atoms with E-state index in [1.54, 1.807) is 5.57 Å². The predicted octanol–water partition coefficient (Wildman–Crippen LogP) is 6.06. The number of fused-ring (bicyclic) bond motifs is 7. The standard InChI is InChI=1S/C27H42O3/c1-16-7-13-27(24(29)30)14-9-20-18(21(27)15-16)5-6-23-25(3)12-10-22(28)17(2)19(25)8-11-26(20,23)4/h5,16-17,19-23,28H,6-15H2,1-4H3,(H,29,30). The molecule has 0 amide bonds. The van der Waals surface area contributed by atoms with Gasteiger partial charge in [0.05, 0.1) is 11.5 Å². The summed E-state index contributed by atoms with van der Waals surface area (Å²) in [5.74, 6) is 2.64. The highest BCUT2D eigenvalue weighted by Crippen LogP contribution is 2.70. The second-order valence-electron chi connectivity index (χ2n) is 12.6. The average molecular weight is 415 g/mol. The summed E-state index contributed by atoms with van der Waals surface area (Å²) in [5.41, 5.74) is 1.65. The molecule has 168 valence electrons. The maximum atomic E-state index is 12.5. The predicted molar refractivity (Wildman–Crippen MR) is 119 cm³/mol. The van der Waals surface area contributed by atoms with E-state index in [2.05, 4.69) is 33.8 Å². The zero-order valence-corrected chi connectivity index (χ0v) is 19.5. The van der Waals surface area contributed by atoms with Crippen molar-refractivity contribution in [1.82, 2.24) is 0 Å². The largest absolute Gasteiger partial charge is 0.481 e. The van der Waals surface area contributed by atoms with E-state index in [9.17, 15) is 15.0 Å². The van der Waals surface area contributed by atoms with Crippen molar-refractivity contribution >= 4 is 5.97 Å². The van der Waals surface area contributed by atoms with E-state index >= 15 is 0 Å². The van der Waals surface area contributed by atoms with Crippen LogP contribution in [0.4, 0.5) is 0 Å². The number of carboxylic acids is 1. The Balaban J connectivity index is 1.53. The highest BCUT2D eigenvalue weighted by Gasteiger charge is 2.63. The Morgan fingerprint density at radius 2 is 1.67 bits per heavy atom. The second-order valence-corrected chi connectivity index (χ2v) is 12.6. The van der Waals surface area contributed by atoms with Crippen LogP contribution in [0.5, 0.6) is 0 Å². The third-order valence-electron chi connectivity index (χ3n) is 11.5. The number of rotatable bonds is 1. The van der Waals surface area contributed by atoms with Gasteiger partial charge in [0.25, 0.3) is 0 Å². The van der Waals surface area contributed by atoms with Crippen LogP contribution in [-0.4, -0.2) is 22.3 Å². The summed E-state index contributed by atoms with van der Waals surface area (Å²) in [6.07, 6.45) is 13.1. The molecule has 3 heteroatoms. The van der Waals surface area contributed by atoms with Crippen LogP contribution in [-0.2, 0) is 4.79 Å². The molecule has 4 saturated carbocycles. The Kier molecular flexibility index (Phi) is 4.79. The Bertz CT molecular complexity index is 757. The van der Waals surface area contributed by atoms with Crippen LogP contribution >= 0.6 is 0 Å². The molecule has 0 aromatic rings. The molecule has 5 aliphatic carbocycles. The van der Waals surface area contributed by atoms with Crippen LogP contribution in [0.2, 0.25) is 0 Å². The molecule has 5 aliphatic rings. The molecule has 5 rings (SSSR count). The quantitative estimate of drug-likeness (QED) is 0.513. The Morgan fingerprint density at radius 3 is 2.40 bits per heavy atom. The van der Waals surface area contributed by atoms with Gasteiger partial charge in [0, 0.05) is 0 Å². The summed E-state index contributed by atoms with van der Waals surface area (Å²) in [4.78, 5) is 12.5. The summed E-state index contributed by atoms with van der Waals surface area (Å²) in [6.45, 7) is 9.70. The highest BCUT2D eigenvalue weighted by molar-refractivity contribution is 5.76. The molecular weight excluding hydrogens is 372 g/mol. The lowest BCUT2D eigenvalue weighted by Crippen LogP contribution is -2.60. The summed E-state index contributed by atoms with van der Waals surface area (Å²) in [6, 6.07) is 0. The van der Waals surface area contributed by atoms with Gasteiger partial charge in [-0.25, -0.2) is 0 Å². The second kappa shape index (κ2) is 6.83. The summed E-state index contributed by atoms with van der Waals surface area (Å²) in [5, 5.41) is 20.8. The zero-order valence-electron chi connectivity index (χ0n) is 19.5. The van der Waals surface area contributed by atoms with Crippen LogP contribution < -0.4 is 0 Å². The van der Waals surface area contributed by atoms with Crippen LogP contribution in [0, 0.1) is 51.8 Å². The maximum Gasteiger partial charge on any atom is 0.310 e. The van der Waals surface area contributed by atoms with Crippen molar-refractivity contribution in [3.8, 4) is 0 Å². The minimum atomic E-state index is -0.531. The first-order valence-corrected chi connectivity index (χ1v) is 12.7. The summed E-state index contributed by atoms with van der Waals surface area (Å²) in [7, 11) is 0. The monoisotopic (exact) mass is 414 g/mol. The minimum Gasteiger partial charge on any atom is -0.481 e. The molecule has 4 fully saturated rings. The van der Waals surface area contributed by atoms with Gasteiger partial charge >= 0.3 is 5.97 Å². The number of carboxylic acid groups (broad SMARTS) is 1. The molecule has 0 spiro atoms. The van der Waals surface area contributed by atoms with Crippen molar-refractivity contribution in [2.24, 2.45) is 51.8 Å². The third-order valence-corrected chi connectivity index (χ3v) is 11.5. The first-order valence-electron chi connectivity index (χ1n) is 12.7. The lowest BCUT2D eigenvalue weighted by Gasteiger charge is -2.66. The first-order chi connectivity index (χ1) is 14.1. The van der Waals surface area contributed by atoms with Gasteiger partial charge in [0.2, 0.25) is 0 Å². The van der Waals surface area contributed by atoms with Gasteiger partial charge in [-0.05, 0) is 111 Å². The van der Waals surface area contributed by atoms with Crippen LogP contribution in [0.3, 0.4) is 0 Å². The first kappa shape index (κ1) is 21.0. The van der Waals surface area contributed by atoms with E-state index in [4.69, 9.17) is 0 Å². The molecule has 2 N–H and O–H groups in total. The lowest BCUT2D eigenvalue weighted by molar-refractivity contribution is -0.168. The normalized spacial score (nSPS) is 55.4. The fourth-order valence-electron chi connectivity index (χ4n) is 9.75. The van der Waals surface area contributed by atoms with Crippen molar-refractivity contribution in [3.05, 3.63) is 11.6 Å². The van der Waals surface area contributed by atoms with E-state index in [0.717, 1.165) is 51.4 Å². The zero-order chi connectivity index (χ0) is 21.5. The number of aliphatic hydroxyl groups is 1. The van der Waals surface area contributed by atoms with Crippen molar-refractivity contribution in [1.29, 1.82) is 0 Å². The third kappa shape index (κ3) is 2.63. The topological polar surface area (TPSA) is 57.5 Å². The number of carbonyl (C=O) groups is 1. The molecule has 0 saturated heterocycles. The lowest BCUT2D eigenvalue weighted by atomic mass is 9.39. The fourth-order valence-corrected chi connectivity index (χ4v) is 9.75. The minimum absolute atomic E-state index is 0.128. The molecule has 10 atom stereocenters. The van der Waals surface area contributed by atoms with E-state index in [-0.39, 0.29) is 12.0 Å². The Hall–Kier alpha value is -0.830. The number of aliphatic hydroxyl groups excluding tert-OH is 1. The molecule has 0 aliphatic heterocycles. The number of aliphatic carboxylic acids is 1. The van der Waals surface area contributed by atoms with Gasteiger partial charge in [0.1, 0.15) is 0 Å². The number of allylic oxidation sites excluding steroid dienone is 2. The molecule has 0 aromatic heterocycles. The molecule has 0 radical (unpaired) electrons. The summed E-state index contributed by atoms with van der Waals surface area (Å²) >= 11 is 0. The van der Waals surface area contributed by atoms with Crippen molar-refractivity contribution in [3.63, 3.8) is 0 Å². The molecule has 0 bridgehead atoms. The van der Waals surface area contributed by atoms with Crippen LogP contribution in [0.1, 0.15) is 91.9 Å². The highest BCUT2D eigenvalue weighted by atomic mass is 16.4. The van der Waals surface area contributed by atoms with Crippen LogP contribution in [0.15, 0.2) is 11.6 Å². The van der Waals surface area contributed by atoms with E-state index < -0.39 is 11.4 Å². The summed E-state index contributed by atoms with van der Waals surface area (Å²) < 4.78 is 0. The SMILES string of the molecule is CC1CCC2(C(=O)O)CCC3C(=CCC4C3(C)CCC3C(C)C(O)CCC34C)C2C1. The van der Waals surface area contributed by atoms with E-state index in [1.165, 1.54) is 12.8 Å². The number of hydrogen-bond acceptors (Lipinski definition) is 2. The van der Waals surface area contributed by atoms with E-state index in [1.807, 2.05) is 0 Å². The van der Waals surface area contributed by atoms with Crippen molar-refractivity contribution < 1.29 is 15.0 Å². The van der Waals surface area contributed by atoms with Crippen molar-refractivity contribution in [2.45, 2.75) is 98.0 Å². The Labute approximate surface area is 182 Å². The van der Waals surface area contributed by atoms with Gasteiger partial charge in [-0.1, -0.05) is 39.3 Å². The Morgan fingerprint density at radius 1 is 0.967 bits per heavy atom. The van der Waals surface area contributed by atoms with Gasteiger partial charge < -0.3 is 10.2 Å². The molecule has 30 heavy (non-hydrogen) atoms. The van der Waals surface area contributed by atoms with Crippen LogP contribution in [0.25, 0.3) is 0 Å². The fraction of sp³-hybridized carbons (Fsp3) is 0.889. The van der Waals surface area contributed by atoms with Gasteiger partial charge in [-0.3, -0.25) is 4.79 Å². The smallest absolute Gasteiger partial charge is 0.310 e. The molecular formula is C27H42O3. The molecule has 0 heterocycles. The number of hydrogen-bond donors (Lipinski definition) is 2. The van der Waals surface area contributed by atoms with Gasteiger partial charge in [0.15, 0.2) is 0 Å². The molecule has 3 nitrogen and oxygen atoms in total. The molecule has 10 unspecified atom stereocenters. The van der Waals surface area contributed by atoms with Gasteiger partial charge in [-0.15, -0.1) is 0 Å². The van der Waals surface area contributed by atoms with E-state index in [0.29, 0.717) is 40.4 Å². The van der Waals surface area contributed by atoms with Crippen molar-refractivity contribution in [2.75, 3.05) is 0 Å².